The normalized spacial score (nSPS) is 17.7. The van der Waals surface area contributed by atoms with Crippen LogP contribution in [-0.4, -0.2) is 22.1 Å². The minimum atomic E-state index is -0.893. The Labute approximate surface area is 199 Å². The lowest BCUT2D eigenvalue weighted by Gasteiger charge is -2.32. The number of hydrogen-bond donors (Lipinski definition) is 4. The van der Waals surface area contributed by atoms with Crippen molar-refractivity contribution in [2.75, 3.05) is 11.7 Å². The number of rotatable bonds is 6. The number of hydrogen-bond acceptors (Lipinski definition) is 7. The van der Waals surface area contributed by atoms with E-state index in [-0.39, 0.29) is 11.3 Å². The zero-order valence-corrected chi connectivity index (χ0v) is 19.0. The van der Waals surface area contributed by atoms with Gasteiger partial charge in [0.05, 0.1) is 17.1 Å². The molecule has 1 atom stereocenters. The van der Waals surface area contributed by atoms with Crippen LogP contribution < -0.4 is 27.3 Å². The number of nitrogens with zero attached hydrogens (tertiary/aromatic N) is 2. The number of aromatic nitrogens is 1. The molecule has 3 heterocycles. The summed E-state index contributed by atoms with van der Waals surface area (Å²) in [7, 11) is 0. The van der Waals surface area contributed by atoms with Gasteiger partial charge in [0.25, 0.3) is 11.5 Å². The lowest BCUT2D eigenvalue weighted by molar-refractivity contribution is 0.100. The van der Waals surface area contributed by atoms with Crippen LogP contribution in [0.5, 0.6) is 5.75 Å². The van der Waals surface area contributed by atoms with Crippen LogP contribution >= 0.6 is 11.3 Å². The monoisotopic (exact) mass is 473 g/mol. The number of thiophene rings is 1. The van der Waals surface area contributed by atoms with E-state index in [0.29, 0.717) is 17.8 Å². The summed E-state index contributed by atoms with van der Waals surface area (Å²) in [5.74, 6) is -0.311. The number of carbonyl (C=O) groups is 1. The summed E-state index contributed by atoms with van der Waals surface area (Å²) < 4.78 is 1.64. The molecule has 34 heavy (non-hydrogen) atoms. The number of primary amides is 1. The SMILES string of the molecule is NC(=O)c1sccc1CC1(n2ccccc2=O)CNN(c2ccccc2-c2cccc(O)c2)N1. The van der Waals surface area contributed by atoms with Gasteiger partial charge in [0.1, 0.15) is 11.4 Å². The topological polar surface area (TPSA) is 113 Å². The molecule has 0 radical (unpaired) electrons. The number of phenolic OH excluding ortho intramolecular Hbond substituents is 1. The van der Waals surface area contributed by atoms with Crippen molar-refractivity contribution in [3.63, 3.8) is 0 Å². The van der Waals surface area contributed by atoms with Crippen molar-refractivity contribution in [1.29, 1.82) is 0 Å². The molecular formula is C25H23N5O3S. The van der Waals surface area contributed by atoms with Crippen molar-refractivity contribution in [1.82, 2.24) is 15.4 Å². The number of hydrazine groups is 2. The van der Waals surface area contributed by atoms with Crippen LogP contribution in [0.15, 0.2) is 89.2 Å². The molecule has 4 aromatic rings. The molecule has 9 heteroatoms. The van der Waals surface area contributed by atoms with E-state index in [4.69, 9.17) is 5.73 Å². The lowest BCUT2D eigenvalue weighted by Crippen LogP contribution is -2.54. The maximum atomic E-state index is 12.9. The summed E-state index contributed by atoms with van der Waals surface area (Å²) >= 11 is 1.29. The van der Waals surface area contributed by atoms with Gasteiger partial charge in [-0.05, 0) is 46.8 Å². The Balaban J connectivity index is 1.57. The number of amides is 1. The van der Waals surface area contributed by atoms with Crippen LogP contribution in [0.3, 0.4) is 0 Å². The van der Waals surface area contributed by atoms with Crippen molar-refractivity contribution >= 4 is 22.9 Å². The second kappa shape index (κ2) is 8.79. The van der Waals surface area contributed by atoms with Gasteiger partial charge < -0.3 is 10.8 Å². The third-order valence-electron chi connectivity index (χ3n) is 5.89. The smallest absolute Gasteiger partial charge is 0.259 e. The number of aromatic hydroxyl groups is 1. The Morgan fingerprint density at radius 1 is 1.09 bits per heavy atom. The first-order valence-corrected chi connectivity index (χ1v) is 11.6. The van der Waals surface area contributed by atoms with Gasteiger partial charge >= 0.3 is 0 Å². The summed E-state index contributed by atoms with van der Waals surface area (Å²) in [6.07, 6.45) is 2.09. The zero-order valence-electron chi connectivity index (χ0n) is 18.1. The Hall–Kier alpha value is -3.92. The third kappa shape index (κ3) is 3.96. The molecule has 1 unspecified atom stereocenters. The van der Waals surface area contributed by atoms with Gasteiger partial charge in [-0.2, -0.15) is 5.43 Å². The number of carbonyl (C=O) groups excluding carboxylic acids is 1. The molecule has 5 rings (SSSR count). The van der Waals surface area contributed by atoms with Gasteiger partial charge in [-0.1, -0.05) is 36.4 Å². The second-order valence-corrected chi connectivity index (χ2v) is 9.02. The fourth-order valence-corrected chi connectivity index (χ4v) is 5.12. The molecule has 1 amide bonds. The summed E-state index contributed by atoms with van der Waals surface area (Å²) in [5.41, 5.74) is 14.7. The molecule has 8 nitrogen and oxygen atoms in total. The molecule has 0 saturated carbocycles. The highest BCUT2D eigenvalue weighted by Gasteiger charge is 2.41. The van der Waals surface area contributed by atoms with E-state index in [1.165, 1.54) is 17.4 Å². The van der Waals surface area contributed by atoms with Crippen LogP contribution in [0.1, 0.15) is 15.2 Å². The maximum absolute atomic E-state index is 12.9. The number of para-hydroxylation sites is 1. The summed E-state index contributed by atoms with van der Waals surface area (Å²) in [5, 5.41) is 13.6. The molecule has 0 aliphatic carbocycles. The van der Waals surface area contributed by atoms with Crippen LogP contribution in [0.2, 0.25) is 0 Å². The van der Waals surface area contributed by atoms with Crippen molar-refractivity contribution in [3.05, 3.63) is 105 Å². The van der Waals surface area contributed by atoms with E-state index in [2.05, 4.69) is 10.9 Å². The Morgan fingerprint density at radius 2 is 1.91 bits per heavy atom. The van der Waals surface area contributed by atoms with Crippen LogP contribution in [-0.2, 0) is 12.1 Å². The molecule has 1 saturated heterocycles. The average Bonchev–Trinajstić information content (AvgIpc) is 3.48. The predicted molar refractivity (Wildman–Crippen MR) is 132 cm³/mol. The highest BCUT2D eigenvalue weighted by atomic mass is 32.1. The van der Waals surface area contributed by atoms with Crippen molar-refractivity contribution < 1.29 is 9.90 Å². The predicted octanol–water partition coefficient (Wildman–Crippen LogP) is 2.81. The number of phenols is 1. The Kier molecular flexibility index (Phi) is 5.66. The molecule has 2 aromatic carbocycles. The van der Waals surface area contributed by atoms with E-state index >= 15 is 0 Å². The van der Waals surface area contributed by atoms with Crippen molar-refractivity contribution in [2.24, 2.45) is 5.73 Å². The zero-order chi connectivity index (χ0) is 23.7. The minimum Gasteiger partial charge on any atom is -0.508 e. The molecule has 172 valence electrons. The first kappa shape index (κ1) is 21.9. The van der Waals surface area contributed by atoms with Gasteiger partial charge in [0, 0.05) is 24.2 Å². The van der Waals surface area contributed by atoms with Gasteiger partial charge in [0.15, 0.2) is 0 Å². The number of benzene rings is 2. The van der Waals surface area contributed by atoms with Crippen LogP contribution in [0, 0.1) is 0 Å². The van der Waals surface area contributed by atoms with Crippen LogP contribution in [0.25, 0.3) is 11.1 Å². The first-order valence-electron chi connectivity index (χ1n) is 10.7. The number of nitrogens with one attached hydrogen (secondary N) is 2. The van der Waals surface area contributed by atoms with E-state index in [0.717, 1.165) is 22.4 Å². The first-order chi connectivity index (χ1) is 16.5. The Bertz CT molecular complexity index is 1420. The minimum absolute atomic E-state index is 0.171. The summed E-state index contributed by atoms with van der Waals surface area (Å²) in [6.45, 7) is 0.374. The van der Waals surface area contributed by atoms with Gasteiger partial charge in [-0.3, -0.25) is 14.2 Å². The van der Waals surface area contributed by atoms with E-state index in [1.807, 2.05) is 41.8 Å². The number of anilines is 1. The third-order valence-corrected chi connectivity index (χ3v) is 6.86. The molecule has 5 N–H and O–H groups in total. The Morgan fingerprint density at radius 3 is 2.71 bits per heavy atom. The summed E-state index contributed by atoms with van der Waals surface area (Å²) in [6, 6.07) is 21.7. The van der Waals surface area contributed by atoms with Gasteiger partial charge in [-0.15, -0.1) is 11.3 Å². The highest BCUT2D eigenvalue weighted by Crippen LogP contribution is 2.34. The number of pyridine rings is 1. The second-order valence-electron chi connectivity index (χ2n) is 8.11. The van der Waals surface area contributed by atoms with Crippen molar-refractivity contribution in [2.45, 2.75) is 12.1 Å². The fourth-order valence-electron chi connectivity index (χ4n) is 4.34. The van der Waals surface area contributed by atoms with Gasteiger partial charge in [-0.25, -0.2) is 10.5 Å². The maximum Gasteiger partial charge on any atom is 0.259 e. The molecule has 1 aliphatic rings. The highest BCUT2D eigenvalue weighted by molar-refractivity contribution is 7.12. The average molecular weight is 474 g/mol. The molecular weight excluding hydrogens is 450 g/mol. The largest absolute Gasteiger partial charge is 0.508 e. The molecule has 1 aliphatic heterocycles. The summed E-state index contributed by atoms with van der Waals surface area (Å²) in [4.78, 5) is 25.3. The van der Waals surface area contributed by atoms with E-state index in [9.17, 15) is 14.7 Å². The molecule has 1 fully saturated rings. The van der Waals surface area contributed by atoms with Crippen LogP contribution in [0.4, 0.5) is 5.69 Å². The quantitative estimate of drug-likeness (QED) is 0.343. The van der Waals surface area contributed by atoms with Crippen molar-refractivity contribution in [3.8, 4) is 16.9 Å². The fraction of sp³-hybridized carbons (Fsp3) is 0.120. The van der Waals surface area contributed by atoms with Gasteiger partial charge in [0.2, 0.25) is 0 Å². The number of nitrogens with two attached hydrogens (primary N) is 1. The van der Waals surface area contributed by atoms with E-state index < -0.39 is 11.6 Å². The molecule has 0 bridgehead atoms. The lowest BCUT2D eigenvalue weighted by atomic mass is 10.00. The van der Waals surface area contributed by atoms with E-state index in [1.54, 1.807) is 46.2 Å². The molecule has 0 spiro atoms. The standard InChI is InChI=1S/C25H23N5O3S/c26-24(33)23-18(11-13-34-23)15-25(29-12-4-3-10-22(29)32)16-27-30(28-25)21-9-2-1-8-20(21)17-6-5-7-19(31)14-17/h1-14,27-28,31H,15-16H2,(H2,26,33). The molecule has 2 aromatic heterocycles.